The van der Waals surface area contributed by atoms with Gasteiger partial charge in [-0.3, -0.25) is 19.3 Å². The van der Waals surface area contributed by atoms with Gasteiger partial charge in [-0.2, -0.15) is 0 Å². The second kappa shape index (κ2) is 11.0. The lowest BCUT2D eigenvalue weighted by Gasteiger charge is -2.24. The number of ketones is 2. The topological polar surface area (TPSA) is 97.5 Å². The normalized spacial score (nSPS) is 15.2. The summed E-state index contributed by atoms with van der Waals surface area (Å²) >= 11 is 0. The molecule has 0 aliphatic carbocycles. The Morgan fingerprint density at radius 3 is 1.88 bits per heavy atom. The quantitative estimate of drug-likeness (QED) is 0.526. The number of imide groups is 1. The van der Waals surface area contributed by atoms with Crippen molar-refractivity contribution >= 4 is 23.4 Å². The zero-order chi connectivity index (χ0) is 20.5. The van der Waals surface area contributed by atoms with Crippen LogP contribution < -0.4 is 5.73 Å². The Bertz CT molecular complexity index is 527. The standard InChI is InChI=1S/C13H25NO2.C7H9NO2/c1-10(15)9-11(7-5-6-8-14)12(16)13(2,3)4;1-5(2)8-6(9)3-4-7(8)10/h11H,5-9,14H2,1-4H3;3-5H,1-2H3. The summed E-state index contributed by atoms with van der Waals surface area (Å²) in [6.07, 6.45) is 5.60. The monoisotopic (exact) mass is 366 g/mol. The number of carbonyl (C=O) groups is 4. The molecule has 0 saturated heterocycles. The highest BCUT2D eigenvalue weighted by Gasteiger charge is 2.29. The molecule has 148 valence electrons. The summed E-state index contributed by atoms with van der Waals surface area (Å²) in [5.41, 5.74) is 5.07. The summed E-state index contributed by atoms with van der Waals surface area (Å²) < 4.78 is 0. The number of amides is 2. The number of hydrogen-bond acceptors (Lipinski definition) is 5. The molecule has 6 nitrogen and oxygen atoms in total. The zero-order valence-electron chi connectivity index (χ0n) is 17.0. The maximum atomic E-state index is 12.1. The Kier molecular flexibility index (Phi) is 10.2. The molecule has 26 heavy (non-hydrogen) atoms. The third-order valence-electron chi connectivity index (χ3n) is 4.01. The van der Waals surface area contributed by atoms with Crippen molar-refractivity contribution < 1.29 is 19.2 Å². The largest absolute Gasteiger partial charge is 0.330 e. The average molecular weight is 367 g/mol. The Labute approximate surface area is 157 Å². The zero-order valence-corrected chi connectivity index (χ0v) is 17.0. The molecule has 0 aromatic carbocycles. The van der Waals surface area contributed by atoms with Gasteiger partial charge in [0.25, 0.3) is 11.8 Å². The number of hydrogen-bond donors (Lipinski definition) is 1. The number of Topliss-reactive ketones (excluding diaryl/α,β-unsaturated/α-hetero) is 2. The molecule has 0 bridgehead atoms. The van der Waals surface area contributed by atoms with E-state index in [4.69, 9.17) is 5.73 Å². The van der Waals surface area contributed by atoms with Gasteiger partial charge < -0.3 is 10.5 Å². The maximum Gasteiger partial charge on any atom is 0.253 e. The van der Waals surface area contributed by atoms with E-state index in [1.165, 1.54) is 17.1 Å². The molecule has 1 aliphatic rings. The summed E-state index contributed by atoms with van der Waals surface area (Å²) in [7, 11) is 0. The summed E-state index contributed by atoms with van der Waals surface area (Å²) in [4.78, 5) is 46.2. The molecule has 0 spiro atoms. The van der Waals surface area contributed by atoms with Crippen molar-refractivity contribution in [1.29, 1.82) is 0 Å². The highest BCUT2D eigenvalue weighted by Crippen LogP contribution is 2.26. The Balaban J connectivity index is 0.000000531. The maximum absolute atomic E-state index is 12.1. The van der Waals surface area contributed by atoms with Gasteiger partial charge in [0.05, 0.1) is 0 Å². The van der Waals surface area contributed by atoms with Gasteiger partial charge in [0, 0.05) is 35.9 Å². The second-order valence-electron chi connectivity index (χ2n) is 7.98. The molecule has 1 aliphatic heterocycles. The summed E-state index contributed by atoms with van der Waals surface area (Å²) in [5.74, 6) is -0.251. The van der Waals surface area contributed by atoms with E-state index < -0.39 is 0 Å². The van der Waals surface area contributed by atoms with E-state index in [1.807, 2.05) is 34.6 Å². The van der Waals surface area contributed by atoms with Gasteiger partial charge >= 0.3 is 0 Å². The van der Waals surface area contributed by atoms with Gasteiger partial charge in [-0.25, -0.2) is 0 Å². The Morgan fingerprint density at radius 1 is 1.08 bits per heavy atom. The fourth-order valence-electron chi connectivity index (χ4n) is 2.74. The van der Waals surface area contributed by atoms with Gasteiger partial charge in [-0.1, -0.05) is 27.2 Å². The lowest BCUT2D eigenvalue weighted by Crippen LogP contribution is -2.36. The Morgan fingerprint density at radius 2 is 1.58 bits per heavy atom. The van der Waals surface area contributed by atoms with E-state index >= 15 is 0 Å². The van der Waals surface area contributed by atoms with Crippen LogP contribution in [0.4, 0.5) is 0 Å². The van der Waals surface area contributed by atoms with Crippen LogP contribution in [0.15, 0.2) is 12.2 Å². The van der Waals surface area contributed by atoms with Crippen LogP contribution in [0.3, 0.4) is 0 Å². The van der Waals surface area contributed by atoms with Crippen LogP contribution in [-0.4, -0.2) is 40.9 Å². The SMILES string of the molecule is CC(=O)CC(CCCCN)C(=O)C(C)(C)C.CC(C)N1C(=O)C=CC1=O. The first kappa shape index (κ1) is 24.2. The summed E-state index contributed by atoms with van der Waals surface area (Å²) in [5, 5.41) is 0. The minimum absolute atomic E-state index is 0.0324. The van der Waals surface area contributed by atoms with Crippen LogP contribution >= 0.6 is 0 Å². The molecule has 0 radical (unpaired) electrons. The molecule has 2 amide bonds. The lowest BCUT2D eigenvalue weighted by molar-refractivity contribution is -0.138. The molecule has 1 atom stereocenters. The van der Waals surface area contributed by atoms with Crippen molar-refractivity contribution in [2.24, 2.45) is 17.1 Å². The third kappa shape index (κ3) is 8.52. The fourth-order valence-corrected chi connectivity index (χ4v) is 2.74. The molecule has 1 unspecified atom stereocenters. The molecule has 0 aromatic heterocycles. The lowest BCUT2D eigenvalue weighted by atomic mass is 9.79. The molecule has 0 fully saturated rings. The van der Waals surface area contributed by atoms with Gasteiger partial charge in [0.1, 0.15) is 11.6 Å². The van der Waals surface area contributed by atoms with Crippen LogP contribution in [-0.2, 0) is 19.2 Å². The number of nitrogens with two attached hydrogens (primary N) is 1. The molecule has 2 N–H and O–H groups in total. The number of unbranched alkanes of at least 4 members (excludes halogenated alkanes) is 1. The van der Waals surface area contributed by atoms with Crippen LogP contribution in [0.25, 0.3) is 0 Å². The van der Waals surface area contributed by atoms with Crippen LogP contribution in [0, 0.1) is 11.3 Å². The van der Waals surface area contributed by atoms with E-state index in [-0.39, 0.29) is 40.8 Å². The first-order chi connectivity index (χ1) is 11.9. The average Bonchev–Trinajstić information content (AvgIpc) is 2.84. The van der Waals surface area contributed by atoms with Gasteiger partial charge in [0.15, 0.2) is 0 Å². The number of carbonyl (C=O) groups excluding carboxylic acids is 4. The molecular weight excluding hydrogens is 332 g/mol. The summed E-state index contributed by atoms with van der Waals surface area (Å²) in [6, 6.07) is -0.0324. The first-order valence-electron chi connectivity index (χ1n) is 9.20. The minimum Gasteiger partial charge on any atom is -0.330 e. The molecule has 1 heterocycles. The van der Waals surface area contributed by atoms with E-state index in [0.29, 0.717) is 13.0 Å². The molecule has 6 heteroatoms. The second-order valence-corrected chi connectivity index (χ2v) is 7.98. The highest BCUT2D eigenvalue weighted by molar-refractivity contribution is 6.13. The molecule has 0 aromatic rings. The third-order valence-corrected chi connectivity index (χ3v) is 4.01. The van der Waals surface area contributed by atoms with Crippen molar-refractivity contribution in [1.82, 2.24) is 4.90 Å². The van der Waals surface area contributed by atoms with E-state index in [0.717, 1.165) is 19.3 Å². The first-order valence-corrected chi connectivity index (χ1v) is 9.20. The minimum atomic E-state index is -0.358. The van der Waals surface area contributed by atoms with Crippen molar-refractivity contribution in [3.8, 4) is 0 Å². The molecular formula is C20H34N2O4. The van der Waals surface area contributed by atoms with Crippen molar-refractivity contribution in [3.05, 3.63) is 12.2 Å². The van der Waals surface area contributed by atoms with E-state index in [1.54, 1.807) is 6.92 Å². The number of rotatable bonds is 8. The Hall–Kier alpha value is -1.82. The molecule has 1 rings (SSSR count). The van der Waals surface area contributed by atoms with Gasteiger partial charge in [-0.15, -0.1) is 0 Å². The molecule has 0 saturated carbocycles. The predicted octanol–water partition coefficient (Wildman–Crippen LogP) is 2.65. The van der Waals surface area contributed by atoms with Gasteiger partial charge in [0.2, 0.25) is 0 Å². The van der Waals surface area contributed by atoms with Crippen LogP contribution in [0.1, 0.15) is 67.2 Å². The smallest absolute Gasteiger partial charge is 0.253 e. The van der Waals surface area contributed by atoms with Crippen molar-refractivity contribution in [3.63, 3.8) is 0 Å². The van der Waals surface area contributed by atoms with Crippen LogP contribution in [0.2, 0.25) is 0 Å². The van der Waals surface area contributed by atoms with E-state index in [9.17, 15) is 19.2 Å². The van der Waals surface area contributed by atoms with Crippen molar-refractivity contribution in [2.75, 3.05) is 6.54 Å². The van der Waals surface area contributed by atoms with Crippen molar-refractivity contribution in [2.45, 2.75) is 73.3 Å². The summed E-state index contributed by atoms with van der Waals surface area (Å²) in [6.45, 7) is 11.5. The van der Waals surface area contributed by atoms with Crippen LogP contribution in [0.5, 0.6) is 0 Å². The fraction of sp³-hybridized carbons (Fsp3) is 0.700. The number of nitrogens with zero attached hydrogens (tertiary/aromatic N) is 1. The van der Waals surface area contributed by atoms with E-state index in [2.05, 4.69) is 0 Å². The van der Waals surface area contributed by atoms with Gasteiger partial charge in [-0.05, 0) is 40.2 Å². The highest BCUT2D eigenvalue weighted by atomic mass is 16.2. The predicted molar refractivity (Wildman–Crippen MR) is 102 cm³/mol.